The average Bonchev–Trinajstić information content (AvgIpc) is 3.19. The van der Waals surface area contributed by atoms with Gasteiger partial charge in [-0.25, -0.2) is 0 Å². The molecule has 1 N–H and O–H groups in total. The predicted molar refractivity (Wildman–Crippen MR) is 81.8 cm³/mol. The third-order valence-electron chi connectivity index (χ3n) is 4.02. The van der Waals surface area contributed by atoms with Crippen molar-refractivity contribution < 1.29 is 9.21 Å². The molecule has 0 aliphatic heterocycles. The lowest BCUT2D eigenvalue weighted by Crippen LogP contribution is -2.30. The molecule has 1 aromatic carbocycles. The van der Waals surface area contributed by atoms with Crippen molar-refractivity contribution in [1.82, 2.24) is 5.32 Å². The van der Waals surface area contributed by atoms with E-state index in [2.05, 4.69) is 36.5 Å². The minimum absolute atomic E-state index is 0.101. The Kier molecular flexibility index (Phi) is 4.09. The maximum Gasteiger partial charge on any atom is 0.220 e. The van der Waals surface area contributed by atoms with Crippen LogP contribution >= 0.6 is 0 Å². The lowest BCUT2D eigenvalue weighted by molar-refractivity contribution is -0.122. The number of carbonyl (C=O) groups excluding carboxylic acids is 1. The summed E-state index contributed by atoms with van der Waals surface area (Å²) >= 11 is 0. The molecule has 110 valence electrons. The highest BCUT2D eigenvalue weighted by Crippen LogP contribution is 2.41. The first kappa shape index (κ1) is 13.9. The van der Waals surface area contributed by atoms with Crippen molar-refractivity contribution in [2.45, 2.75) is 38.6 Å². The molecule has 1 aliphatic carbocycles. The smallest absolute Gasteiger partial charge is 0.220 e. The number of hydrogen-bond donors (Lipinski definition) is 1. The van der Waals surface area contributed by atoms with Gasteiger partial charge in [0.1, 0.15) is 5.76 Å². The molecule has 3 rings (SSSR count). The van der Waals surface area contributed by atoms with Gasteiger partial charge in [0.15, 0.2) is 0 Å². The number of hydrogen-bond acceptors (Lipinski definition) is 2. The third kappa shape index (κ3) is 3.75. The zero-order chi connectivity index (χ0) is 14.7. The molecule has 1 saturated carbocycles. The van der Waals surface area contributed by atoms with Crippen molar-refractivity contribution in [3.8, 4) is 0 Å². The number of nitrogens with one attached hydrogen (secondary N) is 1. The minimum atomic E-state index is 0.101. The Morgan fingerprint density at radius 3 is 2.67 bits per heavy atom. The molecular weight excluding hydrogens is 262 g/mol. The molecule has 2 aromatic rings. The minimum Gasteiger partial charge on any atom is -0.469 e. The Bertz CT molecular complexity index is 582. The van der Waals surface area contributed by atoms with E-state index in [1.54, 1.807) is 6.26 Å². The van der Waals surface area contributed by atoms with Crippen LogP contribution in [0, 0.1) is 12.8 Å². The molecule has 0 spiro atoms. The van der Waals surface area contributed by atoms with Crippen LogP contribution in [0.25, 0.3) is 0 Å². The van der Waals surface area contributed by atoms with E-state index in [0.29, 0.717) is 18.8 Å². The Labute approximate surface area is 125 Å². The molecule has 1 atom stereocenters. The number of aryl methyl sites for hydroxylation is 2. The highest BCUT2D eigenvalue weighted by molar-refractivity contribution is 5.76. The molecular formula is C18H21NO2. The molecule has 1 aliphatic rings. The van der Waals surface area contributed by atoms with Crippen molar-refractivity contribution in [3.63, 3.8) is 0 Å². The largest absolute Gasteiger partial charge is 0.469 e. The zero-order valence-corrected chi connectivity index (χ0v) is 12.3. The fraction of sp³-hybridized carbons (Fsp3) is 0.389. The summed E-state index contributed by atoms with van der Waals surface area (Å²) in [6.07, 6.45) is 5.19. The quantitative estimate of drug-likeness (QED) is 0.876. The van der Waals surface area contributed by atoms with E-state index in [-0.39, 0.29) is 11.9 Å². The summed E-state index contributed by atoms with van der Waals surface area (Å²) in [6.45, 7) is 2.08. The van der Waals surface area contributed by atoms with Crippen molar-refractivity contribution in [1.29, 1.82) is 0 Å². The van der Waals surface area contributed by atoms with Gasteiger partial charge >= 0.3 is 0 Å². The number of furan rings is 1. The summed E-state index contributed by atoms with van der Waals surface area (Å²) in [7, 11) is 0. The topological polar surface area (TPSA) is 42.2 Å². The fourth-order valence-electron chi connectivity index (χ4n) is 2.61. The van der Waals surface area contributed by atoms with Crippen LogP contribution in [-0.4, -0.2) is 5.91 Å². The molecule has 3 heteroatoms. The van der Waals surface area contributed by atoms with Gasteiger partial charge in [0.2, 0.25) is 5.91 Å². The lowest BCUT2D eigenvalue weighted by atomic mass is 10.0. The van der Waals surface area contributed by atoms with Crippen molar-refractivity contribution in [2.75, 3.05) is 0 Å². The summed E-state index contributed by atoms with van der Waals surface area (Å²) in [4.78, 5) is 12.2. The standard InChI is InChI=1S/C18H21NO2/c1-13-4-6-14(7-5-13)18(15-8-9-15)19-17(20)11-10-16-3-2-12-21-16/h2-7,12,15,18H,8-11H2,1H3,(H,19,20). The van der Waals surface area contributed by atoms with Crippen molar-refractivity contribution in [3.05, 3.63) is 59.5 Å². The predicted octanol–water partition coefficient (Wildman–Crippen LogP) is 3.79. The molecule has 1 fully saturated rings. The van der Waals surface area contributed by atoms with Crippen molar-refractivity contribution in [2.24, 2.45) is 5.92 Å². The van der Waals surface area contributed by atoms with E-state index < -0.39 is 0 Å². The summed E-state index contributed by atoms with van der Waals surface area (Å²) in [6, 6.07) is 12.4. The summed E-state index contributed by atoms with van der Waals surface area (Å²) in [5.41, 5.74) is 2.46. The van der Waals surface area contributed by atoms with E-state index in [1.165, 1.54) is 24.0 Å². The first-order valence-corrected chi connectivity index (χ1v) is 7.60. The zero-order valence-electron chi connectivity index (χ0n) is 12.3. The van der Waals surface area contributed by atoms with Crippen LogP contribution in [0.5, 0.6) is 0 Å². The number of amides is 1. The van der Waals surface area contributed by atoms with Crippen LogP contribution < -0.4 is 5.32 Å². The fourth-order valence-corrected chi connectivity index (χ4v) is 2.61. The summed E-state index contributed by atoms with van der Waals surface area (Å²) < 4.78 is 5.27. The highest BCUT2D eigenvalue weighted by atomic mass is 16.3. The van der Waals surface area contributed by atoms with E-state index in [1.807, 2.05) is 12.1 Å². The van der Waals surface area contributed by atoms with Gasteiger partial charge in [0, 0.05) is 12.8 Å². The van der Waals surface area contributed by atoms with Crippen LogP contribution in [0.2, 0.25) is 0 Å². The van der Waals surface area contributed by atoms with E-state index >= 15 is 0 Å². The van der Waals surface area contributed by atoms with Crippen LogP contribution in [0.4, 0.5) is 0 Å². The first-order chi connectivity index (χ1) is 10.2. The Morgan fingerprint density at radius 2 is 2.05 bits per heavy atom. The normalized spacial score (nSPS) is 15.7. The molecule has 21 heavy (non-hydrogen) atoms. The first-order valence-electron chi connectivity index (χ1n) is 7.60. The van der Waals surface area contributed by atoms with Crippen molar-refractivity contribution >= 4 is 5.91 Å². The van der Waals surface area contributed by atoms with Crippen LogP contribution in [0.3, 0.4) is 0 Å². The van der Waals surface area contributed by atoms with Crippen LogP contribution in [0.1, 0.15) is 42.2 Å². The number of carbonyl (C=O) groups is 1. The molecule has 3 nitrogen and oxygen atoms in total. The average molecular weight is 283 g/mol. The van der Waals surface area contributed by atoms with Gasteiger partial charge in [-0.3, -0.25) is 4.79 Å². The van der Waals surface area contributed by atoms with Gasteiger partial charge < -0.3 is 9.73 Å². The highest BCUT2D eigenvalue weighted by Gasteiger charge is 2.33. The molecule has 0 bridgehead atoms. The second kappa shape index (κ2) is 6.17. The molecule has 1 unspecified atom stereocenters. The lowest BCUT2D eigenvalue weighted by Gasteiger charge is -2.19. The molecule has 1 heterocycles. The SMILES string of the molecule is Cc1ccc(C(NC(=O)CCc2ccco2)C2CC2)cc1. The van der Waals surface area contributed by atoms with Gasteiger partial charge in [0.25, 0.3) is 0 Å². The third-order valence-corrected chi connectivity index (χ3v) is 4.02. The van der Waals surface area contributed by atoms with Crippen LogP contribution in [0.15, 0.2) is 47.1 Å². The van der Waals surface area contributed by atoms with Crippen LogP contribution in [-0.2, 0) is 11.2 Å². The molecule has 1 aromatic heterocycles. The van der Waals surface area contributed by atoms with Gasteiger partial charge in [-0.15, -0.1) is 0 Å². The summed E-state index contributed by atoms with van der Waals surface area (Å²) in [5, 5.41) is 3.20. The Morgan fingerprint density at radius 1 is 1.29 bits per heavy atom. The molecule has 1 amide bonds. The van der Waals surface area contributed by atoms with E-state index in [4.69, 9.17) is 4.42 Å². The monoisotopic (exact) mass is 283 g/mol. The molecule has 0 saturated heterocycles. The maximum absolute atomic E-state index is 12.2. The van der Waals surface area contributed by atoms with Gasteiger partial charge in [-0.1, -0.05) is 29.8 Å². The number of rotatable bonds is 6. The number of benzene rings is 1. The Hall–Kier alpha value is -2.03. The Balaban J connectivity index is 1.59. The van der Waals surface area contributed by atoms with E-state index in [9.17, 15) is 4.79 Å². The second-order valence-corrected chi connectivity index (χ2v) is 5.87. The maximum atomic E-state index is 12.2. The second-order valence-electron chi connectivity index (χ2n) is 5.87. The summed E-state index contributed by atoms with van der Waals surface area (Å²) in [5.74, 6) is 1.56. The van der Waals surface area contributed by atoms with E-state index in [0.717, 1.165) is 5.76 Å². The van der Waals surface area contributed by atoms with Gasteiger partial charge in [-0.05, 0) is 43.4 Å². The molecule has 0 radical (unpaired) electrons. The van der Waals surface area contributed by atoms with Gasteiger partial charge in [-0.2, -0.15) is 0 Å². The van der Waals surface area contributed by atoms with Gasteiger partial charge in [0.05, 0.1) is 12.3 Å².